The van der Waals surface area contributed by atoms with Crippen molar-refractivity contribution in [3.63, 3.8) is 0 Å². The number of nitro groups is 1. The van der Waals surface area contributed by atoms with Crippen LogP contribution >= 0.6 is 0 Å². The maximum Gasteiger partial charge on any atom is 0.295 e. The SMILES string of the molecule is Cc1cccc(NCC(F)F)c1[N+](=O)[O-]. The smallest absolute Gasteiger partial charge is 0.295 e. The Kier molecular flexibility index (Phi) is 3.54. The van der Waals surface area contributed by atoms with Gasteiger partial charge in [-0.2, -0.15) is 0 Å². The van der Waals surface area contributed by atoms with Crippen LogP contribution in [0.3, 0.4) is 0 Å². The highest BCUT2D eigenvalue weighted by Gasteiger charge is 2.17. The molecule has 0 atom stereocenters. The van der Waals surface area contributed by atoms with Crippen molar-refractivity contribution in [1.29, 1.82) is 0 Å². The van der Waals surface area contributed by atoms with Crippen molar-refractivity contribution in [2.45, 2.75) is 13.3 Å². The fraction of sp³-hybridized carbons (Fsp3) is 0.333. The number of para-hydroxylation sites is 1. The Bertz CT molecular complexity index is 369. The summed E-state index contributed by atoms with van der Waals surface area (Å²) in [5, 5.41) is 13.0. The molecule has 0 aliphatic rings. The lowest BCUT2D eigenvalue weighted by Gasteiger charge is -2.07. The van der Waals surface area contributed by atoms with E-state index >= 15 is 0 Å². The van der Waals surface area contributed by atoms with Crippen molar-refractivity contribution in [3.05, 3.63) is 33.9 Å². The van der Waals surface area contributed by atoms with Gasteiger partial charge >= 0.3 is 0 Å². The number of rotatable bonds is 4. The van der Waals surface area contributed by atoms with Crippen molar-refractivity contribution in [1.82, 2.24) is 0 Å². The topological polar surface area (TPSA) is 55.2 Å². The van der Waals surface area contributed by atoms with Gasteiger partial charge in [0.1, 0.15) is 5.69 Å². The second-order valence-corrected chi connectivity index (χ2v) is 3.00. The van der Waals surface area contributed by atoms with Gasteiger partial charge in [-0.25, -0.2) is 8.78 Å². The summed E-state index contributed by atoms with van der Waals surface area (Å²) in [7, 11) is 0. The summed E-state index contributed by atoms with van der Waals surface area (Å²) in [6, 6.07) is 4.55. The van der Waals surface area contributed by atoms with Crippen LogP contribution < -0.4 is 5.32 Å². The van der Waals surface area contributed by atoms with Crippen molar-refractivity contribution >= 4 is 11.4 Å². The van der Waals surface area contributed by atoms with Gasteiger partial charge in [0, 0.05) is 5.56 Å². The molecular formula is C9H10F2N2O2. The lowest BCUT2D eigenvalue weighted by atomic mass is 10.1. The number of benzene rings is 1. The molecule has 0 saturated heterocycles. The molecule has 0 aliphatic heterocycles. The van der Waals surface area contributed by atoms with Crippen LogP contribution in [0.15, 0.2) is 18.2 Å². The molecule has 0 radical (unpaired) electrons. The number of hydrogen-bond donors (Lipinski definition) is 1. The quantitative estimate of drug-likeness (QED) is 0.621. The number of nitrogens with zero attached hydrogens (tertiary/aromatic N) is 1. The van der Waals surface area contributed by atoms with Crippen LogP contribution in [-0.4, -0.2) is 17.9 Å². The Balaban J connectivity index is 2.96. The largest absolute Gasteiger partial charge is 0.374 e. The highest BCUT2D eigenvalue weighted by molar-refractivity contribution is 5.64. The van der Waals surface area contributed by atoms with Crippen LogP contribution in [0, 0.1) is 17.0 Å². The third-order valence-electron chi connectivity index (χ3n) is 1.87. The van der Waals surface area contributed by atoms with E-state index in [0.717, 1.165) is 0 Å². The van der Waals surface area contributed by atoms with Crippen molar-refractivity contribution in [2.75, 3.05) is 11.9 Å². The van der Waals surface area contributed by atoms with E-state index in [1.54, 1.807) is 19.1 Å². The first-order valence-corrected chi connectivity index (χ1v) is 4.28. The summed E-state index contributed by atoms with van der Waals surface area (Å²) in [5.41, 5.74) is 0.415. The molecule has 0 heterocycles. The molecule has 1 rings (SSSR count). The molecule has 0 amide bonds. The van der Waals surface area contributed by atoms with Crippen LogP contribution in [0.5, 0.6) is 0 Å². The van der Waals surface area contributed by atoms with Gasteiger partial charge in [0.05, 0.1) is 11.5 Å². The molecule has 4 nitrogen and oxygen atoms in total. The number of nitrogens with one attached hydrogen (secondary N) is 1. The zero-order valence-electron chi connectivity index (χ0n) is 8.04. The molecule has 0 aromatic heterocycles. The van der Waals surface area contributed by atoms with Gasteiger partial charge in [-0.3, -0.25) is 10.1 Å². The second kappa shape index (κ2) is 4.68. The molecule has 1 N–H and O–H groups in total. The van der Waals surface area contributed by atoms with Gasteiger partial charge in [0.15, 0.2) is 0 Å². The van der Waals surface area contributed by atoms with Gasteiger partial charge in [-0.05, 0) is 13.0 Å². The Labute approximate surface area is 85.1 Å². The standard InChI is InChI=1S/C9H10F2N2O2/c1-6-3-2-4-7(9(6)13(14)15)12-5-8(10)11/h2-4,8,12H,5H2,1H3. The third-order valence-corrected chi connectivity index (χ3v) is 1.87. The van der Waals surface area contributed by atoms with E-state index in [1.165, 1.54) is 6.07 Å². The average Bonchev–Trinajstić information content (AvgIpc) is 2.13. The van der Waals surface area contributed by atoms with Gasteiger partial charge in [0.2, 0.25) is 0 Å². The first-order chi connectivity index (χ1) is 7.02. The molecular weight excluding hydrogens is 206 g/mol. The molecule has 0 bridgehead atoms. The first kappa shape index (κ1) is 11.4. The number of hydrogen-bond acceptors (Lipinski definition) is 3. The Morgan fingerprint density at radius 3 is 2.73 bits per heavy atom. The van der Waals surface area contributed by atoms with Gasteiger partial charge in [-0.15, -0.1) is 0 Å². The van der Waals surface area contributed by atoms with Crippen LogP contribution in [0.1, 0.15) is 5.56 Å². The van der Waals surface area contributed by atoms with E-state index in [-0.39, 0.29) is 11.4 Å². The van der Waals surface area contributed by atoms with Gasteiger partial charge in [0.25, 0.3) is 12.1 Å². The molecule has 0 fully saturated rings. The van der Waals surface area contributed by atoms with E-state index in [9.17, 15) is 18.9 Å². The molecule has 0 aliphatic carbocycles. The van der Waals surface area contributed by atoms with Crippen LogP contribution in [0.4, 0.5) is 20.2 Å². The predicted molar refractivity (Wildman–Crippen MR) is 52.3 cm³/mol. The molecule has 1 aromatic carbocycles. The zero-order valence-corrected chi connectivity index (χ0v) is 8.04. The van der Waals surface area contributed by atoms with Crippen LogP contribution in [0.2, 0.25) is 0 Å². The Morgan fingerprint density at radius 1 is 1.53 bits per heavy atom. The number of aryl methyl sites for hydroxylation is 1. The van der Waals surface area contributed by atoms with Crippen molar-refractivity contribution < 1.29 is 13.7 Å². The minimum absolute atomic E-state index is 0.125. The first-order valence-electron chi connectivity index (χ1n) is 4.28. The fourth-order valence-electron chi connectivity index (χ4n) is 1.23. The normalized spacial score (nSPS) is 10.4. The highest BCUT2D eigenvalue weighted by Crippen LogP contribution is 2.27. The number of halogens is 2. The molecule has 82 valence electrons. The molecule has 0 spiro atoms. The summed E-state index contributed by atoms with van der Waals surface area (Å²) in [4.78, 5) is 10.1. The van der Waals surface area contributed by atoms with Crippen LogP contribution in [-0.2, 0) is 0 Å². The van der Waals surface area contributed by atoms with Crippen molar-refractivity contribution in [2.24, 2.45) is 0 Å². The monoisotopic (exact) mass is 216 g/mol. The predicted octanol–water partition coefficient (Wildman–Crippen LogP) is 2.58. The zero-order chi connectivity index (χ0) is 11.4. The highest BCUT2D eigenvalue weighted by atomic mass is 19.3. The average molecular weight is 216 g/mol. The van der Waals surface area contributed by atoms with Crippen LogP contribution in [0.25, 0.3) is 0 Å². The minimum Gasteiger partial charge on any atom is -0.374 e. The maximum atomic E-state index is 11.9. The second-order valence-electron chi connectivity index (χ2n) is 3.00. The molecule has 0 saturated carbocycles. The molecule has 1 aromatic rings. The van der Waals surface area contributed by atoms with E-state index in [4.69, 9.17) is 0 Å². The van der Waals surface area contributed by atoms with Gasteiger partial charge in [-0.1, -0.05) is 12.1 Å². The van der Waals surface area contributed by atoms with Crippen molar-refractivity contribution in [3.8, 4) is 0 Å². The summed E-state index contributed by atoms with van der Waals surface area (Å²) < 4.78 is 23.8. The summed E-state index contributed by atoms with van der Waals surface area (Å²) in [5.74, 6) is 0. The maximum absolute atomic E-state index is 11.9. The minimum atomic E-state index is -2.54. The molecule has 6 heteroatoms. The van der Waals surface area contributed by atoms with E-state index in [2.05, 4.69) is 5.32 Å². The number of alkyl halides is 2. The van der Waals surface area contributed by atoms with E-state index in [0.29, 0.717) is 5.56 Å². The number of anilines is 1. The third kappa shape index (κ3) is 2.87. The van der Waals surface area contributed by atoms with E-state index in [1.807, 2.05) is 0 Å². The number of nitro benzene ring substituents is 1. The lowest BCUT2D eigenvalue weighted by Crippen LogP contribution is -2.11. The van der Waals surface area contributed by atoms with Gasteiger partial charge < -0.3 is 5.32 Å². The Hall–Kier alpha value is -1.72. The summed E-state index contributed by atoms with van der Waals surface area (Å²) in [6.45, 7) is 0.968. The lowest BCUT2D eigenvalue weighted by molar-refractivity contribution is -0.384. The molecule has 15 heavy (non-hydrogen) atoms. The summed E-state index contributed by atoms with van der Waals surface area (Å²) >= 11 is 0. The fourth-order valence-corrected chi connectivity index (χ4v) is 1.23. The Morgan fingerprint density at radius 2 is 2.20 bits per heavy atom. The van der Waals surface area contributed by atoms with E-state index < -0.39 is 17.9 Å². The summed E-state index contributed by atoms with van der Waals surface area (Å²) in [6.07, 6.45) is -2.54. The molecule has 0 unspecified atom stereocenters.